The van der Waals surface area contributed by atoms with E-state index in [-0.39, 0.29) is 0 Å². The van der Waals surface area contributed by atoms with Crippen molar-refractivity contribution in [3.8, 4) is 0 Å². The number of hydrogen-bond donors (Lipinski definition) is 1. The normalized spacial score (nSPS) is 13.1. The summed E-state index contributed by atoms with van der Waals surface area (Å²) in [5.74, 6) is 0. The molecule has 1 unspecified atom stereocenters. The fourth-order valence-corrected chi connectivity index (χ4v) is 2.67. The van der Waals surface area contributed by atoms with E-state index in [1.54, 1.807) is 16.3 Å². The molecular formula is C16H17N7O. The highest BCUT2D eigenvalue weighted by molar-refractivity contribution is 5.74. The summed E-state index contributed by atoms with van der Waals surface area (Å²) in [6.07, 6.45) is -0.670. The van der Waals surface area contributed by atoms with Crippen LogP contribution in [-0.2, 0) is 13.3 Å². The third-order valence-corrected chi connectivity index (χ3v) is 4.00. The Morgan fingerprint density at radius 1 is 0.875 bits per heavy atom. The summed E-state index contributed by atoms with van der Waals surface area (Å²) in [5, 5.41) is 26.8. The van der Waals surface area contributed by atoms with Crippen LogP contribution < -0.4 is 0 Å². The molecule has 1 N–H and O–H groups in total. The fourth-order valence-electron chi connectivity index (χ4n) is 2.67. The predicted octanol–water partition coefficient (Wildman–Crippen LogP) is 1.43. The number of aromatic nitrogens is 6. The highest BCUT2D eigenvalue weighted by Crippen LogP contribution is 2.14. The molecule has 0 saturated carbocycles. The highest BCUT2D eigenvalue weighted by atomic mass is 16.3. The zero-order chi connectivity index (χ0) is 16.5. The Balaban J connectivity index is 1.63. The van der Waals surface area contributed by atoms with Crippen LogP contribution in [-0.4, -0.2) is 46.2 Å². The molecule has 1 atom stereocenters. The van der Waals surface area contributed by atoms with Crippen molar-refractivity contribution in [2.45, 2.75) is 26.5 Å². The summed E-state index contributed by atoms with van der Waals surface area (Å²) < 4.78 is 3.53. The lowest BCUT2D eigenvalue weighted by molar-refractivity contribution is -0.0287. The van der Waals surface area contributed by atoms with Crippen molar-refractivity contribution in [3.63, 3.8) is 0 Å². The van der Waals surface area contributed by atoms with E-state index in [1.165, 1.54) is 0 Å². The van der Waals surface area contributed by atoms with Crippen LogP contribution in [0.3, 0.4) is 0 Å². The van der Waals surface area contributed by atoms with Gasteiger partial charge in [-0.15, -0.1) is 10.2 Å². The Morgan fingerprint density at radius 3 is 1.79 bits per heavy atom. The van der Waals surface area contributed by atoms with Gasteiger partial charge < -0.3 is 5.11 Å². The first-order valence-corrected chi connectivity index (χ1v) is 7.71. The molecule has 4 rings (SSSR count). The van der Waals surface area contributed by atoms with Gasteiger partial charge in [0.25, 0.3) is 0 Å². The van der Waals surface area contributed by atoms with Crippen LogP contribution in [0, 0.1) is 0 Å². The van der Waals surface area contributed by atoms with Crippen LogP contribution in [0.4, 0.5) is 0 Å². The van der Waals surface area contributed by atoms with E-state index in [4.69, 9.17) is 0 Å². The van der Waals surface area contributed by atoms with Crippen LogP contribution in [0.25, 0.3) is 22.1 Å². The number of nitrogens with zero attached hydrogens (tertiary/aromatic N) is 7. The lowest BCUT2D eigenvalue weighted by Crippen LogP contribution is -2.36. The first-order chi connectivity index (χ1) is 11.7. The summed E-state index contributed by atoms with van der Waals surface area (Å²) >= 11 is 0. The Morgan fingerprint density at radius 2 is 1.33 bits per heavy atom. The Bertz CT molecular complexity index is 899. The molecule has 2 heterocycles. The molecule has 24 heavy (non-hydrogen) atoms. The fraction of sp³-hybridized carbons (Fsp3) is 0.250. The standard InChI is InChI=1S/C16H17N7O/c1-12(24)21(10-22-15-8-4-2-6-13(15)17-19-22)11-23-16-9-5-3-7-14(16)18-20-23/h2-9,12,24H,10-11H2,1H3. The molecule has 0 fully saturated rings. The molecule has 2 aromatic heterocycles. The smallest absolute Gasteiger partial charge is 0.113 e. The van der Waals surface area contributed by atoms with Gasteiger partial charge in [0.15, 0.2) is 0 Å². The third-order valence-electron chi connectivity index (χ3n) is 4.00. The number of aliphatic hydroxyl groups is 1. The topological polar surface area (TPSA) is 84.9 Å². The maximum Gasteiger partial charge on any atom is 0.113 e. The molecule has 0 aliphatic heterocycles. The Labute approximate surface area is 137 Å². The van der Waals surface area contributed by atoms with Crippen LogP contribution in [0.5, 0.6) is 0 Å². The average molecular weight is 323 g/mol. The molecule has 2 aromatic carbocycles. The van der Waals surface area contributed by atoms with Gasteiger partial charge in [-0.1, -0.05) is 34.7 Å². The van der Waals surface area contributed by atoms with Crippen LogP contribution in [0.2, 0.25) is 0 Å². The zero-order valence-electron chi connectivity index (χ0n) is 13.2. The van der Waals surface area contributed by atoms with Gasteiger partial charge in [-0.05, 0) is 31.2 Å². The molecule has 0 aliphatic carbocycles. The second kappa shape index (κ2) is 5.99. The minimum absolute atomic E-state index is 0.395. The summed E-state index contributed by atoms with van der Waals surface area (Å²) in [5.41, 5.74) is 3.50. The second-order valence-electron chi connectivity index (χ2n) is 5.66. The predicted molar refractivity (Wildman–Crippen MR) is 88.6 cm³/mol. The third kappa shape index (κ3) is 2.61. The van der Waals surface area contributed by atoms with Crippen LogP contribution in [0.15, 0.2) is 48.5 Å². The second-order valence-corrected chi connectivity index (χ2v) is 5.66. The maximum absolute atomic E-state index is 10.2. The summed E-state index contributed by atoms with van der Waals surface area (Å²) in [4.78, 5) is 1.84. The average Bonchev–Trinajstić information content (AvgIpc) is 3.19. The van der Waals surface area contributed by atoms with Crippen molar-refractivity contribution in [2.24, 2.45) is 0 Å². The molecule has 0 saturated heterocycles. The van der Waals surface area contributed by atoms with Crippen molar-refractivity contribution < 1.29 is 5.11 Å². The summed E-state index contributed by atoms with van der Waals surface area (Å²) in [6, 6.07) is 15.5. The largest absolute Gasteiger partial charge is 0.379 e. The molecule has 4 aromatic rings. The molecule has 0 amide bonds. The Hall–Kier alpha value is -2.84. The van der Waals surface area contributed by atoms with E-state index in [1.807, 2.05) is 53.4 Å². The minimum Gasteiger partial charge on any atom is -0.379 e. The Kier molecular flexibility index (Phi) is 3.68. The lowest BCUT2D eigenvalue weighted by Gasteiger charge is -2.24. The van der Waals surface area contributed by atoms with E-state index < -0.39 is 6.23 Å². The molecule has 0 bridgehead atoms. The van der Waals surface area contributed by atoms with Crippen molar-refractivity contribution in [1.82, 2.24) is 34.9 Å². The van der Waals surface area contributed by atoms with Gasteiger partial charge in [-0.3, -0.25) is 0 Å². The minimum atomic E-state index is -0.670. The van der Waals surface area contributed by atoms with Gasteiger partial charge in [0.05, 0.1) is 24.4 Å². The first-order valence-electron chi connectivity index (χ1n) is 7.71. The number of fused-ring (bicyclic) bond motifs is 2. The summed E-state index contributed by atoms with van der Waals surface area (Å²) in [7, 11) is 0. The zero-order valence-corrected chi connectivity index (χ0v) is 13.2. The molecule has 0 radical (unpaired) electrons. The van der Waals surface area contributed by atoms with E-state index in [0.29, 0.717) is 13.3 Å². The van der Waals surface area contributed by atoms with E-state index in [9.17, 15) is 5.11 Å². The molecule has 8 nitrogen and oxygen atoms in total. The van der Waals surface area contributed by atoms with E-state index in [0.717, 1.165) is 22.1 Å². The van der Waals surface area contributed by atoms with Crippen molar-refractivity contribution in [2.75, 3.05) is 0 Å². The van der Waals surface area contributed by atoms with E-state index >= 15 is 0 Å². The molecule has 8 heteroatoms. The van der Waals surface area contributed by atoms with Crippen LogP contribution >= 0.6 is 0 Å². The highest BCUT2D eigenvalue weighted by Gasteiger charge is 2.16. The number of aliphatic hydroxyl groups excluding tert-OH is 1. The number of para-hydroxylation sites is 2. The maximum atomic E-state index is 10.2. The molecule has 0 spiro atoms. The molecule has 0 aliphatic rings. The SMILES string of the molecule is CC(O)N(Cn1nnc2ccccc21)Cn1nnc2ccccc21. The lowest BCUT2D eigenvalue weighted by atomic mass is 10.3. The monoisotopic (exact) mass is 323 g/mol. The molecule has 122 valence electrons. The van der Waals surface area contributed by atoms with Gasteiger partial charge in [0.2, 0.25) is 0 Å². The molecular weight excluding hydrogens is 306 g/mol. The number of rotatable bonds is 5. The van der Waals surface area contributed by atoms with E-state index in [2.05, 4.69) is 20.6 Å². The number of benzene rings is 2. The quantitative estimate of drug-likeness (QED) is 0.559. The van der Waals surface area contributed by atoms with Gasteiger partial charge in [-0.2, -0.15) is 0 Å². The van der Waals surface area contributed by atoms with Gasteiger partial charge >= 0.3 is 0 Å². The van der Waals surface area contributed by atoms with Gasteiger partial charge in [0.1, 0.15) is 17.3 Å². The summed E-state index contributed by atoms with van der Waals surface area (Å²) in [6.45, 7) is 2.51. The first kappa shape index (κ1) is 14.7. The van der Waals surface area contributed by atoms with Crippen molar-refractivity contribution >= 4 is 22.1 Å². The van der Waals surface area contributed by atoms with Crippen LogP contribution in [0.1, 0.15) is 6.92 Å². The van der Waals surface area contributed by atoms with Gasteiger partial charge in [-0.25, -0.2) is 14.3 Å². The van der Waals surface area contributed by atoms with Crippen molar-refractivity contribution in [3.05, 3.63) is 48.5 Å². The number of hydrogen-bond acceptors (Lipinski definition) is 6. The van der Waals surface area contributed by atoms with Gasteiger partial charge in [0, 0.05) is 0 Å². The van der Waals surface area contributed by atoms with Crippen molar-refractivity contribution in [1.29, 1.82) is 0 Å².